The summed E-state index contributed by atoms with van der Waals surface area (Å²) >= 11 is 0. The van der Waals surface area contributed by atoms with E-state index in [0.29, 0.717) is 12.8 Å². The SMILES string of the molecule is CC(O)CCC1(C(=O)O)CCCCCCC1. The molecule has 0 aromatic rings. The summed E-state index contributed by atoms with van der Waals surface area (Å²) in [7, 11) is 0. The molecule has 1 rings (SSSR count). The van der Waals surface area contributed by atoms with Crippen LogP contribution >= 0.6 is 0 Å². The molecule has 0 aromatic carbocycles. The maximum Gasteiger partial charge on any atom is 0.309 e. The molecule has 1 aliphatic rings. The Morgan fingerprint density at radius 3 is 2.12 bits per heavy atom. The third kappa shape index (κ3) is 3.78. The van der Waals surface area contributed by atoms with Gasteiger partial charge in [0.1, 0.15) is 0 Å². The van der Waals surface area contributed by atoms with Gasteiger partial charge in [-0.05, 0) is 32.6 Å². The van der Waals surface area contributed by atoms with Gasteiger partial charge in [0, 0.05) is 0 Å². The Morgan fingerprint density at radius 1 is 1.19 bits per heavy atom. The lowest BCUT2D eigenvalue weighted by atomic mass is 9.73. The summed E-state index contributed by atoms with van der Waals surface area (Å²) < 4.78 is 0. The van der Waals surface area contributed by atoms with Crippen LogP contribution in [0.1, 0.15) is 64.7 Å². The molecule has 3 nitrogen and oxygen atoms in total. The van der Waals surface area contributed by atoms with Crippen molar-refractivity contribution in [1.29, 1.82) is 0 Å². The van der Waals surface area contributed by atoms with Gasteiger partial charge in [-0.1, -0.05) is 32.1 Å². The lowest BCUT2D eigenvalue weighted by Gasteiger charge is -2.31. The van der Waals surface area contributed by atoms with Crippen molar-refractivity contribution < 1.29 is 15.0 Å². The van der Waals surface area contributed by atoms with Crippen LogP contribution in [0, 0.1) is 5.41 Å². The zero-order chi connectivity index (χ0) is 12.0. The first-order valence-corrected chi connectivity index (χ1v) is 6.48. The highest BCUT2D eigenvalue weighted by Gasteiger charge is 2.37. The molecule has 0 amide bonds. The molecule has 0 saturated heterocycles. The van der Waals surface area contributed by atoms with Crippen molar-refractivity contribution in [1.82, 2.24) is 0 Å². The molecule has 1 aliphatic carbocycles. The Balaban J connectivity index is 2.63. The van der Waals surface area contributed by atoms with Gasteiger partial charge in [0.15, 0.2) is 0 Å². The van der Waals surface area contributed by atoms with Crippen LogP contribution in [0.5, 0.6) is 0 Å². The minimum Gasteiger partial charge on any atom is -0.481 e. The second-order valence-electron chi connectivity index (χ2n) is 5.24. The molecule has 1 unspecified atom stereocenters. The van der Waals surface area contributed by atoms with Gasteiger partial charge < -0.3 is 10.2 Å². The fourth-order valence-corrected chi connectivity index (χ4v) is 2.64. The standard InChI is InChI=1S/C13H24O3/c1-11(14)7-10-13(12(15)16)8-5-3-2-4-6-9-13/h11,14H,2-10H2,1H3,(H,15,16). The first-order valence-electron chi connectivity index (χ1n) is 6.48. The summed E-state index contributed by atoms with van der Waals surface area (Å²) in [5, 5.41) is 18.7. The van der Waals surface area contributed by atoms with Crippen molar-refractivity contribution in [2.75, 3.05) is 0 Å². The van der Waals surface area contributed by atoms with Crippen molar-refractivity contribution in [2.45, 2.75) is 70.8 Å². The largest absolute Gasteiger partial charge is 0.481 e. The molecule has 16 heavy (non-hydrogen) atoms. The molecule has 2 N–H and O–H groups in total. The van der Waals surface area contributed by atoms with Crippen molar-refractivity contribution >= 4 is 5.97 Å². The zero-order valence-electron chi connectivity index (χ0n) is 10.2. The molecule has 0 aromatic heterocycles. The minimum atomic E-state index is -0.657. The summed E-state index contributed by atoms with van der Waals surface area (Å²) in [6.07, 6.45) is 8.01. The fourth-order valence-electron chi connectivity index (χ4n) is 2.64. The Hall–Kier alpha value is -0.570. The first-order chi connectivity index (χ1) is 7.57. The maximum absolute atomic E-state index is 11.5. The lowest BCUT2D eigenvalue weighted by Crippen LogP contribution is -2.32. The van der Waals surface area contributed by atoms with E-state index < -0.39 is 11.4 Å². The van der Waals surface area contributed by atoms with E-state index in [1.165, 1.54) is 6.42 Å². The zero-order valence-corrected chi connectivity index (χ0v) is 10.2. The number of aliphatic hydroxyl groups is 1. The number of hydrogen-bond acceptors (Lipinski definition) is 2. The van der Waals surface area contributed by atoms with Gasteiger partial charge in [0.05, 0.1) is 11.5 Å². The van der Waals surface area contributed by atoms with Gasteiger partial charge in [-0.25, -0.2) is 0 Å². The summed E-state index contributed by atoms with van der Waals surface area (Å²) in [4.78, 5) is 11.5. The van der Waals surface area contributed by atoms with E-state index in [1.807, 2.05) is 0 Å². The van der Waals surface area contributed by atoms with E-state index in [9.17, 15) is 15.0 Å². The predicted molar refractivity (Wildman–Crippen MR) is 63.3 cm³/mol. The molecule has 0 aliphatic heterocycles. The van der Waals surface area contributed by atoms with Gasteiger partial charge in [-0.15, -0.1) is 0 Å². The van der Waals surface area contributed by atoms with Gasteiger partial charge in [-0.2, -0.15) is 0 Å². The van der Waals surface area contributed by atoms with Gasteiger partial charge in [0.2, 0.25) is 0 Å². The molecule has 1 fully saturated rings. The van der Waals surface area contributed by atoms with Crippen molar-refractivity contribution in [3.05, 3.63) is 0 Å². The van der Waals surface area contributed by atoms with Gasteiger partial charge in [0.25, 0.3) is 0 Å². The average molecular weight is 228 g/mol. The summed E-state index contributed by atoms with van der Waals surface area (Å²) in [6.45, 7) is 1.73. The molecule has 0 heterocycles. The number of carbonyl (C=O) groups is 1. The highest BCUT2D eigenvalue weighted by molar-refractivity contribution is 5.74. The van der Waals surface area contributed by atoms with Crippen LogP contribution in [-0.2, 0) is 4.79 Å². The molecule has 94 valence electrons. The van der Waals surface area contributed by atoms with Gasteiger partial charge >= 0.3 is 5.97 Å². The number of aliphatic hydroxyl groups excluding tert-OH is 1. The topological polar surface area (TPSA) is 57.5 Å². The van der Waals surface area contributed by atoms with Crippen LogP contribution in [-0.4, -0.2) is 22.3 Å². The second-order valence-corrected chi connectivity index (χ2v) is 5.24. The second kappa shape index (κ2) is 6.24. The van der Waals surface area contributed by atoms with E-state index in [4.69, 9.17) is 0 Å². The number of carboxylic acids is 1. The van der Waals surface area contributed by atoms with E-state index >= 15 is 0 Å². The summed E-state index contributed by atoms with van der Waals surface area (Å²) in [5.74, 6) is -0.657. The number of rotatable bonds is 4. The maximum atomic E-state index is 11.5. The van der Waals surface area contributed by atoms with E-state index in [-0.39, 0.29) is 6.10 Å². The van der Waals surface area contributed by atoms with E-state index in [1.54, 1.807) is 6.92 Å². The van der Waals surface area contributed by atoms with Crippen LogP contribution in [0.15, 0.2) is 0 Å². The van der Waals surface area contributed by atoms with Crippen LogP contribution in [0.25, 0.3) is 0 Å². The molecule has 0 spiro atoms. The van der Waals surface area contributed by atoms with Crippen LogP contribution in [0.2, 0.25) is 0 Å². The monoisotopic (exact) mass is 228 g/mol. The first kappa shape index (κ1) is 13.5. The quantitative estimate of drug-likeness (QED) is 0.777. The molecule has 0 bridgehead atoms. The Labute approximate surface area is 97.9 Å². The van der Waals surface area contributed by atoms with Crippen LogP contribution in [0.4, 0.5) is 0 Å². The predicted octanol–water partition coefficient (Wildman–Crippen LogP) is 2.96. The molecule has 0 radical (unpaired) electrons. The normalized spacial score (nSPS) is 23.1. The van der Waals surface area contributed by atoms with Crippen molar-refractivity contribution in [3.63, 3.8) is 0 Å². The number of hydrogen-bond donors (Lipinski definition) is 2. The minimum absolute atomic E-state index is 0.387. The highest BCUT2D eigenvalue weighted by atomic mass is 16.4. The Kier molecular flexibility index (Phi) is 5.26. The average Bonchev–Trinajstić information content (AvgIpc) is 2.15. The summed E-state index contributed by atoms with van der Waals surface area (Å²) in [5.41, 5.74) is -0.558. The Morgan fingerprint density at radius 2 is 1.69 bits per heavy atom. The molecule has 3 heteroatoms. The van der Waals surface area contributed by atoms with Gasteiger partial charge in [-0.3, -0.25) is 4.79 Å². The lowest BCUT2D eigenvalue weighted by molar-refractivity contribution is -0.151. The summed E-state index contributed by atoms with van der Waals surface area (Å²) in [6, 6.07) is 0. The highest BCUT2D eigenvalue weighted by Crippen LogP contribution is 2.38. The number of aliphatic carboxylic acids is 1. The van der Waals surface area contributed by atoms with E-state index in [0.717, 1.165) is 38.5 Å². The number of carboxylic acid groups (broad SMARTS) is 1. The molecular formula is C13H24O3. The van der Waals surface area contributed by atoms with Crippen molar-refractivity contribution in [3.8, 4) is 0 Å². The molecule has 1 saturated carbocycles. The third-order valence-corrected chi connectivity index (χ3v) is 3.81. The third-order valence-electron chi connectivity index (χ3n) is 3.81. The Bertz CT molecular complexity index is 215. The molecule has 1 atom stereocenters. The fraction of sp³-hybridized carbons (Fsp3) is 0.923. The van der Waals surface area contributed by atoms with E-state index in [2.05, 4.69) is 0 Å². The van der Waals surface area contributed by atoms with Crippen molar-refractivity contribution in [2.24, 2.45) is 5.41 Å². The molecular weight excluding hydrogens is 204 g/mol. The van der Waals surface area contributed by atoms with Crippen LogP contribution in [0.3, 0.4) is 0 Å². The smallest absolute Gasteiger partial charge is 0.309 e. The van der Waals surface area contributed by atoms with Crippen LogP contribution < -0.4 is 0 Å².